The molecule has 0 bridgehead atoms. The second-order valence-corrected chi connectivity index (χ2v) is 6.66. The van der Waals surface area contributed by atoms with Crippen LogP contribution in [0.1, 0.15) is 110 Å². The van der Waals surface area contributed by atoms with Gasteiger partial charge in [-0.2, -0.15) is 0 Å². The summed E-state index contributed by atoms with van der Waals surface area (Å²) in [6, 6.07) is 0. The van der Waals surface area contributed by atoms with Crippen LogP contribution in [0, 0.1) is 0 Å². The molecule has 0 aromatic heterocycles. The van der Waals surface area contributed by atoms with E-state index in [1.54, 1.807) is 0 Å². The summed E-state index contributed by atoms with van der Waals surface area (Å²) in [5.74, 6) is 0.124. The Morgan fingerprint density at radius 2 is 1.09 bits per heavy atom. The summed E-state index contributed by atoms with van der Waals surface area (Å²) in [7, 11) is 0. The van der Waals surface area contributed by atoms with Crippen LogP contribution in [0.25, 0.3) is 0 Å². The van der Waals surface area contributed by atoms with Crippen molar-refractivity contribution < 1.29 is 9.59 Å². The van der Waals surface area contributed by atoms with Crippen molar-refractivity contribution in [3.8, 4) is 0 Å². The molecule has 136 valence electrons. The second kappa shape index (κ2) is 17.5. The fourth-order valence-corrected chi connectivity index (χ4v) is 2.71. The third kappa shape index (κ3) is 17.3. The zero-order valence-corrected chi connectivity index (χ0v) is 15.6. The van der Waals surface area contributed by atoms with Gasteiger partial charge in [0, 0.05) is 12.8 Å². The van der Waals surface area contributed by atoms with Crippen LogP contribution in [0.5, 0.6) is 0 Å². The lowest BCUT2D eigenvalue weighted by Gasteiger charge is -2.04. The predicted octanol–water partition coefficient (Wildman–Crippen LogP) is 5.56. The van der Waals surface area contributed by atoms with Crippen molar-refractivity contribution in [1.29, 1.82) is 0 Å². The molecule has 0 heterocycles. The Labute approximate surface area is 144 Å². The molecule has 0 aliphatic rings. The molecule has 0 saturated carbocycles. The molecule has 0 radical (unpaired) electrons. The molecule has 0 aromatic carbocycles. The maximum atomic E-state index is 11.5. The highest BCUT2D eigenvalue weighted by Crippen LogP contribution is 2.12. The largest absolute Gasteiger partial charge is 0.349 e. The first-order chi connectivity index (χ1) is 11.2. The van der Waals surface area contributed by atoms with E-state index < -0.39 is 0 Å². The lowest BCUT2D eigenvalue weighted by molar-refractivity contribution is -0.125. The third-order valence-corrected chi connectivity index (χ3v) is 4.38. The Morgan fingerprint density at radius 1 is 0.652 bits per heavy atom. The fraction of sp³-hybridized carbons (Fsp3) is 0.900. The smallest absolute Gasteiger partial charge is 0.220 e. The van der Waals surface area contributed by atoms with Crippen LogP contribution in [0.15, 0.2) is 0 Å². The van der Waals surface area contributed by atoms with Crippen LogP contribution in [-0.2, 0) is 9.59 Å². The number of hydrogen-bond acceptors (Lipinski definition) is 2. The Balaban J connectivity index is 3.15. The maximum absolute atomic E-state index is 11.5. The van der Waals surface area contributed by atoms with Gasteiger partial charge in [-0.15, -0.1) is 0 Å². The summed E-state index contributed by atoms with van der Waals surface area (Å²) < 4.78 is 0. The van der Waals surface area contributed by atoms with E-state index in [9.17, 15) is 9.59 Å². The molecule has 0 rings (SSSR count). The minimum Gasteiger partial charge on any atom is -0.349 e. The SMILES string of the molecule is CCCCCCCCCCCCCCCC(=O)NCC(=O)CC. The van der Waals surface area contributed by atoms with Crippen LogP contribution >= 0.6 is 0 Å². The molecule has 0 aliphatic heterocycles. The Hall–Kier alpha value is -0.860. The molecule has 0 aromatic rings. The average molecular weight is 326 g/mol. The van der Waals surface area contributed by atoms with Gasteiger partial charge in [0.25, 0.3) is 0 Å². The number of amides is 1. The highest BCUT2D eigenvalue weighted by atomic mass is 16.2. The first-order valence-electron chi connectivity index (χ1n) is 9.99. The van der Waals surface area contributed by atoms with Gasteiger partial charge >= 0.3 is 0 Å². The van der Waals surface area contributed by atoms with Gasteiger partial charge in [-0.3, -0.25) is 9.59 Å². The van der Waals surface area contributed by atoms with Gasteiger partial charge in [0.05, 0.1) is 6.54 Å². The van der Waals surface area contributed by atoms with Crippen molar-refractivity contribution in [2.45, 2.75) is 110 Å². The van der Waals surface area contributed by atoms with E-state index in [4.69, 9.17) is 0 Å². The van der Waals surface area contributed by atoms with E-state index in [0.717, 1.165) is 12.8 Å². The summed E-state index contributed by atoms with van der Waals surface area (Å²) in [4.78, 5) is 22.6. The van der Waals surface area contributed by atoms with Gasteiger partial charge in [-0.1, -0.05) is 90.9 Å². The Kier molecular flexibility index (Phi) is 16.8. The molecule has 1 N–H and O–H groups in total. The number of hydrogen-bond donors (Lipinski definition) is 1. The molecule has 0 aliphatic carbocycles. The van der Waals surface area contributed by atoms with Crippen LogP contribution in [0.4, 0.5) is 0 Å². The molecule has 23 heavy (non-hydrogen) atoms. The monoisotopic (exact) mass is 325 g/mol. The summed E-state index contributed by atoms with van der Waals surface area (Å²) in [6.45, 7) is 4.29. The first-order valence-corrected chi connectivity index (χ1v) is 9.99. The number of rotatable bonds is 17. The summed E-state index contributed by atoms with van der Waals surface area (Å²) in [6.07, 6.45) is 18.1. The molecule has 0 atom stereocenters. The second-order valence-electron chi connectivity index (χ2n) is 6.66. The average Bonchev–Trinajstić information content (AvgIpc) is 2.56. The number of nitrogens with one attached hydrogen (secondary N) is 1. The van der Waals surface area contributed by atoms with Gasteiger partial charge in [0.2, 0.25) is 5.91 Å². The van der Waals surface area contributed by atoms with Gasteiger partial charge in [-0.05, 0) is 6.42 Å². The molecule has 0 unspecified atom stereocenters. The van der Waals surface area contributed by atoms with Crippen molar-refractivity contribution in [2.24, 2.45) is 0 Å². The number of ketones is 1. The van der Waals surface area contributed by atoms with Gasteiger partial charge in [0.15, 0.2) is 5.78 Å². The van der Waals surface area contributed by atoms with Crippen LogP contribution in [-0.4, -0.2) is 18.2 Å². The molecular weight excluding hydrogens is 286 g/mol. The molecule has 0 spiro atoms. The molecule has 0 fully saturated rings. The predicted molar refractivity (Wildman–Crippen MR) is 98.6 cm³/mol. The fourth-order valence-electron chi connectivity index (χ4n) is 2.71. The quantitative estimate of drug-likeness (QED) is 0.356. The number of carbonyl (C=O) groups excluding carboxylic acids is 2. The maximum Gasteiger partial charge on any atom is 0.220 e. The van der Waals surface area contributed by atoms with Crippen molar-refractivity contribution in [3.63, 3.8) is 0 Å². The van der Waals surface area contributed by atoms with Crippen LogP contribution in [0.3, 0.4) is 0 Å². The minimum absolute atomic E-state index is 0.0230. The van der Waals surface area contributed by atoms with Gasteiger partial charge < -0.3 is 5.32 Å². The topological polar surface area (TPSA) is 46.2 Å². The summed E-state index contributed by atoms with van der Waals surface area (Å²) >= 11 is 0. The normalized spacial score (nSPS) is 10.7. The molecule has 1 amide bonds. The zero-order valence-electron chi connectivity index (χ0n) is 15.6. The Morgan fingerprint density at radius 3 is 1.52 bits per heavy atom. The number of carbonyl (C=O) groups is 2. The van der Waals surface area contributed by atoms with Crippen molar-refractivity contribution in [2.75, 3.05) is 6.54 Å². The van der Waals surface area contributed by atoms with E-state index in [2.05, 4.69) is 12.2 Å². The van der Waals surface area contributed by atoms with Crippen molar-refractivity contribution in [3.05, 3.63) is 0 Å². The minimum atomic E-state index is 0.0230. The summed E-state index contributed by atoms with van der Waals surface area (Å²) in [5, 5.41) is 2.69. The van der Waals surface area contributed by atoms with E-state index in [1.807, 2.05) is 6.92 Å². The number of Topliss-reactive ketones (excluding diaryl/α,β-unsaturated/α-hetero) is 1. The highest BCUT2D eigenvalue weighted by Gasteiger charge is 2.03. The lowest BCUT2D eigenvalue weighted by atomic mass is 10.0. The molecule has 3 nitrogen and oxygen atoms in total. The molecule has 0 saturated heterocycles. The standard InChI is InChI=1S/C20H39NO2/c1-3-5-6-7-8-9-10-11-12-13-14-15-16-17-20(23)21-18-19(22)4-2/h3-18H2,1-2H3,(H,21,23). The van der Waals surface area contributed by atoms with Crippen molar-refractivity contribution in [1.82, 2.24) is 5.32 Å². The van der Waals surface area contributed by atoms with Crippen LogP contribution in [0.2, 0.25) is 0 Å². The molecule has 3 heteroatoms. The van der Waals surface area contributed by atoms with Gasteiger partial charge in [-0.25, -0.2) is 0 Å². The highest BCUT2D eigenvalue weighted by molar-refractivity contribution is 5.85. The first kappa shape index (κ1) is 22.1. The molecular formula is C20H39NO2. The van der Waals surface area contributed by atoms with E-state index >= 15 is 0 Å². The van der Waals surface area contributed by atoms with Gasteiger partial charge in [0.1, 0.15) is 0 Å². The van der Waals surface area contributed by atoms with Crippen LogP contribution < -0.4 is 5.32 Å². The van der Waals surface area contributed by atoms with E-state index in [0.29, 0.717) is 12.8 Å². The van der Waals surface area contributed by atoms with E-state index in [1.165, 1.54) is 70.6 Å². The lowest BCUT2D eigenvalue weighted by Crippen LogP contribution is -2.28. The zero-order chi connectivity index (χ0) is 17.2. The Bertz CT molecular complexity index is 289. The van der Waals surface area contributed by atoms with E-state index in [-0.39, 0.29) is 18.2 Å². The van der Waals surface area contributed by atoms with Crippen molar-refractivity contribution >= 4 is 11.7 Å². The number of unbranched alkanes of at least 4 members (excludes halogenated alkanes) is 12. The summed E-state index contributed by atoms with van der Waals surface area (Å²) in [5.41, 5.74) is 0. The third-order valence-electron chi connectivity index (χ3n) is 4.38.